The molecule has 3 rings (SSSR count). The van der Waals surface area contributed by atoms with E-state index in [1.165, 1.54) is 7.11 Å². The van der Waals surface area contributed by atoms with Gasteiger partial charge in [0, 0.05) is 12.2 Å². The molecule has 0 unspecified atom stereocenters. The van der Waals surface area contributed by atoms with Crippen molar-refractivity contribution in [1.82, 2.24) is 20.2 Å². The molecular weight excluding hydrogens is 434 g/mol. The van der Waals surface area contributed by atoms with E-state index in [-0.39, 0.29) is 17.9 Å². The number of H-pyrrole nitrogens is 1. The maximum Gasteiger partial charge on any atom is 0.407 e. The summed E-state index contributed by atoms with van der Waals surface area (Å²) in [6, 6.07) is 6.02. The van der Waals surface area contributed by atoms with Crippen molar-refractivity contribution in [3.63, 3.8) is 0 Å². The lowest BCUT2D eigenvalue weighted by molar-refractivity contribution is -0.135. The number of hydrogen-bond donors (Lipinski definition) is 3. The fourth-order valence-corrected chi connectivity index (χ4v) is 4.34. The SMILES string of the molecule is COC(=O)N[C@H](C(=O)N1CCC[C@@H]1c1ncc(-c2ccc(NS(C)(=O)=O)cc2)[nH]1)C(C)C. The second-order valence-electron chi connectivity index (χ2n) is 8.18. The number of ether oxygens (including phenoxy) is 1. The average molecular weight is 464 g/mol. The summed E-state index contributed by atoms with van der Waals surface area (Å²) in [5.41, 5.74) is 2.07. The van der Waals surface area contributed by atoms with Crippen molar-refractivity contribution in [1.29, 1.82) is 0 Å². The van der Waals surface area contributed by atoms with Crippen LogP contribution in [0.25, 0.3) is 11.3 Å². The van der Waals surface area contributed by atoms with E-state index in [2.05, 4.69) is 24.7 Å². The van der Waals surface area contributed by atoms with Crippen LogP contribution in [-0.4, -0.2) is 61.2 Å². The number of anilines is 1. The van der Waals surface area contributed by atoms with E-state index in [1.807, 2.05) is 13.8 Å². The number of rotatable bonds is 7. The number of aromatic amines is 1. The number of carbonyl (C=O) groups is 2. The molecule has 2 atom stereocenters. The minimum atomic E-state index is -3.34. The summed E-state index contributed by atoms with van der Waals surface area (Å²) in [5.74, 6) is 0.404. The zero-order valence-electron chi connectivity index (χ0n) is 18.6. The molecular formula is C21H29N5O5S. The fraction of sp³-hybridized carbons (Fsp3) is 0.476. The monoisotopic (exact) mass is 463 g/mol. The van der Waals surface area contributed by atoms with Gasteiger partial charge in [-0.05, 0) is 36.5 Å². The van der Waals surface area contributed by atoms with Gasteiger partial charge in [0.05, 0.1) is 31.3 Å². The van der Waals surface area contributed by atoms with Crippen LogP contribution in [0.3, 0.4) is 0 Å². The highest BCUT2D eigenvalue weighted by Gasteiger charge is 2.37. The molecule has 3 N–H and O–H groups in total. The Balaban J connectivity index is 1.77. The van der Waals surface area contributed by atoms with Crippen LogP contribution in [-0.2, 0) is 19.6 Å². The number of hydrogen-bond acceptors (Lipinski definition) is 6. The van der Waals surface area contributed by atoms with Gasteiger partial charge in [-0.1, -0.05) is 26.0 Å². The normalized spacial score (nSPS) is 17.3. The Bertz CT molecular complexity index is 1060. The molecule has 0 saturated carbocycles. The summed E-state index contributed by atoms with van der Waals surface area (Å²) in [6.07, 6.45) is 3.76. The third-order valence-electron chi connectivity index (χ3n) is 5.34. The van der Waals surface area contributed by atoms with Crippen molar-refractivity contribution in [2.45, 2.75) is 38.8 Å². The van der Waals surface area contributed by atoms with Crippen molar-refractivity contribution in [3.05, 3.63) is 36.3 Å². The van der Waals surface area contributed by atoms with Crippen molar-refractivity contribution in [3.8, 4) is 11.3 Å². The minimum absolute atomic E-state index is 0.103. The molecule has 1 aliphatic heterocycles. The molecule has 1 aliphatic rings. The molecule has 0 spiro atoms. The van der Waals surface area contributed by atoms with Crippen molar-refractivity contribution < 1.29 is 22.7 Å². The summed E-state index contributed by atoms with van der Waals surface area (Å²) in [4.78, 5) is 34.4. The maximum absolute atomic E-state index is 13.2. The van der Waals surface area contributed by atoms with Gasteiger partial charge in [-0.3, -0.25) is 9.52 Å². The summed E-state index contributed by atoms with van der Waals surface area (Å²) in [6.45, 7) is 4.32. The summed E-state index contributed by atoms with van der Waals surface area (Å²) in [5, 5.41) is 2.64. The van der Waals surface area contributed by atoms with Gasteiger partial charge in [-0.15, -0.1) is 0 Å². The largest absolute Gasteiger partial charge is 0.453 e. The third-order valence-corrected chi connectivity index (χ3v) is 5.94. The lowest BCUT2D eigenvalue weighted by Gasteiger charge is -2.30. The number of alkyl carbamates (subject to hydrolysis) is 1. The number of amides is 2. The number of nitrogens with zero attached hydrogens (tertiary/aromatic N) is 2. The number of benzene rings is 1. The van der Waals surface area contributed by atoms with Gasteiger partial charge in [0.2, 0.25) is 15.9 Å². The molecule has 0 aliphatic carbocycles. The Labute approximate surface area is 187 Å². The van der Waals surface area contributed by atoms with E-state index in [0.717, 1.165) is 30.4 Å². The molecule has 32 heavy (non-hydrogen) atoms. The summed E-state index contributed by atoms with van der Waals surface area (Å²) < 4.78 is 29.8. The average Bonchev–Trinajstić information content (AvgIpc) is 3.39. The van der Waals surface area contributed by atoms with Crippen molar-refractivity contribution in [2.24, 2.45) is 5.92 Å². The van der Waals surface area contributed by atoms with E-state index >= 15 is 0 Å². The Morgan fingerprint density at radius 3 is 2.53 bits per heavy atom. The molecule has 2 amide bonds. The lowest BCUT2D eigenvalue weighted by Crippen LogP contribution is -2.51. The fourth-order valence-electron chi connectivity index (χ4n) is 3.78. The second-order valence-corrected chi connectivity index (χ2v) is 9.93. The van der Waals surface area contributed by atoms with Gasteiger partial charge >= 0.3 is 6.09 Å². The summed E-state index contributed by atoms with van der Waals surface area (Å²) in [7, 11) is -2.07. The molecule has 1 saturated heterocycles. The minimum Gasteiger partial charge on any atom is -0.453 e. The zero-order chi connectivity index (χ0) is 23.5. The molecule has 11 heteroatoms. The smallest absolute Gasteiger partial charge is 0.407 e. The number of imidazole rings is 1. The van der Waals surface area contributed by atoms with E-state index in [0.29, 0.717) is 18.1 Å². The van der Waals surface area contributed by atoms with Gasteiger partial charge in [-0.25, -0.2) is 18.2 Å². The Morgan fingerprint density at radius 2 is 1.94 bits per heavy atom. The molecule has 1 aromatic carbocycles. The topological polar surface area (TPSA) is 133 Å². The molecule has 1 aromatic heterocycles. The summed E-state index contributed by atoms with van der Waals surface area (Å²) >= 11 is 0. The van der Waals surface area contributed by atoms with Crippen LogP contribution in [0.2, 0.25) is 0 Å². The molecule has 0 radical (unpaired) electrons. The van der Waals surface area contributed by atoms with Crippen molar-refractivity contribution in [2.75, 3.05) is 24.6 Å². The van der Waals surface area contributed by atoms with Gasteiger partial charge in [0.15, 0.2) is 0 Å². The standard InChI is InChI=1S/C21H29N5O5S/c1-13(2)18(24-21(28)31-3)20(27)26-11-5-6-17(26)19-22-12-16(23-19)14-7-9-15(10-8-14)25-32(4,29)30/h7-10,12-13,17-18,25H,5-6,11H2,1-4H3,(H,22,23)(H,24,28)/t17-,18+/m1/s1. The third kappa shape index (κ3) is 5.58. The van der Waals surface area contributed by atoms with E-state index < -0.39 is 22.2 Å². The van der Waals surface area contributed by atoms with Gasteiger partial charge in [-0.2, -0.15) is 0 Å². The van der Waals surface area contributed by atoms with Crippen LogP contribution in [0.5, 0.6) is 0 Å². The zero-order valence-corrected chi connectivity index (χ0v) is 19.4. The molecule has 0 bridgehead atoms. The first-order valence-electron chi connectivity index (χ1n) is 10.4. The Hall–Kier alpha value is -3.08. The van der Waals surface area contributed by atoms with Gasteiger partial charge < -0.3 is 19.9 Å². The second kappa shape index (κ2) is 9.60. The Kier molecular flexibility index (Phi) is 7.07. The number of carbonyl (C=O) groups excluding carboxylic acids is 2. The van der Waals surface area contributed by atoms with E-state index in [1.54, 1.807) is 35.4 Å². The quantitative estimate of drug-likeness (QED) is 0.578. The van der Waals surface area contributed by atoms with Gasteiger partial charge in [0.1, 0.15) is 11.9 Å². The molecule has 2 heterocycles. The predicted molar refractivity (Wildman–Crippen MR) is 120 cm³/mol. The van der Waals surface area contributed by atoms with Crippen LogP contribution in [0, 0.1) is 5.92 Å². The number of likely N-dealkylation sites (tertiary alicyclic amines) is 1. The molecule has 174 valence electrons. The lowest BCUT2D eigenvalue weighted by atomic mass is 10.0. The number of sulfonamides is 1. The van der Waals surface area contributed by atoms with E-state index in [9.17, 15) is 18.0 Å². The highest BCUT2D eigenvalue weighted by atomic mass is 32.2. The maximum atomic E-state index is 13.2. The van der Waals surface area contributed by atoms with Crippen molar-refractivity contribution >= 4 is 27.7 Å². The first-order chi connectivity index (χ1) is 15.1. The number of nitrogens with one attached hydrogen (secondary N) is 3. The Morgan fingerprint density at radius 1 is 1.25 bits per heavy atom. The first-order valence-corrected chi connectivity index (χ1v) is 12.3. The highest BCUT2D eigenvalue weighted by Crippen LogP contribution is 2.32. The number of methoxy groups -OCH3 is 1. The van der Waals surface area contributed by atoms with Crippen LogP contribution < -0.4 is 10.0 Å². The predicted octanol–water partition coefficient (Wildman–Crippen LogP) is 2.49. The van der Waals surface area contributed by atoms with Crippen LogP contribution >= 0.6 is 0 Å². The van der Waals surface area contributed by atoms with Crippen LogP contribution in [0.4, 0.5) is 10.5 Å². The molecule has 10 nitrogen and oxygen atoms in total. The molecule has 2 aromatic rings. The first kappa shape index (κ1) is 23.6. The molecule has 1 fully saturated rings. The highest BCUT2D eigenvalue weighted by molar-refractivity contribution is 7.92. The van der Waals surface area contributed by atoms with Crippen LogP contribution in [0.1, 0.15) is 38.6 Å². The van der Waals surface area contributed by atoms with Gasteiger partial charge in [0.25, 0.3) is 0 Å². The number of aromatic nitrogens is 2. The van der Waals surface area contributed by atoms with E-state index in [4.69, 9.17) is 0 Å². The van der Waals surface area contributed by atoms with Crippen LogP contribution in [0.15, 0.2) is 30.5 Å².